The largest absolute Gasteiger partial charge is 0.444 e. The lowest BCUT2D eigenvalue weighted by Crippen LogP contribution is -2.35. The number of benzene rings is 1. The zero-order valence-corrected chi connectivity index (χ0v) is 11.5. The first-order valence-electron chi connectivity index (χ1n) is 6.02. The maximum Gasteiger partial charge on any atom is 0.410 e. The maximum absolute atomic E-state index is 11.8. The van der Waals surface area contributed by atoms with E-state index in [4.69, 9.17) is 27.9 Å². The summed E-state index contributed by atoms with van der Waals surface area (Å²) in [6, 6.07) is 5.15. The maximum atomic E-state index is 11.8. The molecule has 98 valence electrons. The average molecular weight is 288 g/mol. The van der Waals surface area contributed by atoms with E-state index in [0.29, 0.717) is 10.0 Å². The van der Waals surface area contributed by atoms with Crippen molar-refractivity contribution in [2.45, 2.75) is 25.9 Å². The van der Waals surface area contributed by atoms with Gasteiger partial charge in [-0.05, 0) is 31.4 Å². The summed E-state index contributed by atoms with van der Waals surface area (Å²) in [7, 11) is 0. The van der Waals surface area contributed by atoms with Crippen LogP contribution in [0.2, 0.25) is 10.0 Å². The van der Waals surface area contributed by atoms with Gasteiger partial charge in [-0.15, -0.1) is 0 Å². The normalized spacial score (nSPS) is 15.6. The molecule has 1 saturated heterocycles. The Kier molecular flexibility index (Phi) is 4.72. The highest BCUT2D eigenvalue weighted by molar-refractivity contribution is 6.35. The summed E-state index contributed by atoms with van der Waals surface area (Å²) >= 11 is 11.8. The molecular formula is C13H15Cl2NO2. The van der Waals surface area contributed by atoms with Gasteiger partial charge in [-0.2, -0.15) is 0 Å². The van der Waals surface area contributed by atoms with E-state index >= 15 is 0 Å². The number of piperidine rings is 1. The number of likely N-dealkylation sites (tertiary alicyclic amines) is 1. The number of rotatable bonds is 2. The van der Waals surface area contributed by atoms with Crippen molar-refractivity contribution in [3.63, 3.8) is 0 Å². The van der Waals surface area contributed by atoms with Crippen molar-refractivity contribution in [2.75, 3.05) is 13.1 Å². The van der Waals surface area contributed by atoms with E-state index in [1.165, 1.54) is 6.42 Å². The first-order valence-corrected chi connectivity index (χ1v) is 6.78. The molecule has 0 spiro atoms. The van der Waals surface area contributed by atoms with Crippen LogP contribution in [0.3, 0.4) is 0 Å². The summed E-state index contributed by atoms with van der Waals surface area (Å²) in [5, 5.41) is 1.10. The third kappa shape index (κ3) is 3.53. The van der Waals surface area contributed by atoms with Crippen LogP contribution in [-0.4, -0.2) is 24.1 Å². The van der Waals surface area contributed by atoms with E-state index in [0.717, 1.165) is 31.5 Å². The Hall–Kier alpha value is -0.930. The van der Waals surface area contributed by atoms with Gasteiger partial charge >= 0.3 is 6.09 Å². The van der Waals surface area contributed by atoms with Crippen molar-refractivity contribution in [3.8, 4) is 0 Å². The molecular weight excluding hydrogens is 273 g/mol. The fourth-order valence-corrected chi connectivity index (χ4v) is 2.41. The second kappa shape index (κ2) is 6.30. The van der Waals surface area contributed by atoms with Crippen molar-refractivity contribution in [1.82, 2.24) is 4.90 Å². The highest BCUT2D eigenvalue weighted by Gasteiger charge is 2.17. The van der Waals surface area contributed by atoms with Gasteiger partial charge < -0.3 is 9.64 Å². The Bertz CT molecular complexity index is 431. The van der Waals surface area contributed by atoms with Gasteiger partial charge in [0.1, 0.15) is 6.61 Å². The van der Waals surface area contributed by atoms with Crippen LogP contribution < -0.4 is 0 Å². The molecule has 0 aliphatic carbocycles. The number of carbonyl (C=O) groups is 1. The fraction of sp³-hybridized carbons (Fsp3) is 0.462. The molecule has 1 aliphatic rings. The van der Waals surface area contributed by atoms with E-state index < -0.39 is 0 Å². The number of hydrogen-bond donors (Lipinski definition) is 0. The fourth-order valence-electron chi connectivity index (χ4n) is 1.95. The van der Waals surface area contributed by atoms with Crippen LogP contribution in [0.5, 0.6) is 0 Å². The summed E-state index contributed by atoms with van der Waals surface area (Å²) in [6.45, 7) is 1.76. The number of amides is 1. The molecule has 0 atom stereocenters. The van der Waals surface area contributed by atoms with Gasteiger partial charge in [0, 0.05) is 28.7 Å². The molecule has 18 heavy (non-hydrogen) atoms. The Balaban J connectivity index is 1.88. The average Bonchev–Trinajstić information content (AvgIpc) is 2.38. The minimum atomic E-state index is -0.263. The molecule has 1 aromatic carbocycles. The summed E-state index contributed by atoms with van der Waals surface area (Å²) in [6.07, 6.45) is 3.03. The number of ether oxygens (including phenoxy) is 1. The molecule has 0 N–H and O–H groups in total. The van der Waals surface area contributed by atoms with E-state index in [1.807, 2.05) is 0 Å². The summed E-state index contributed by atoms with van der Waals surface area (Å²) in [4.78, 5) is 13.5. The van der Waals surface area contributed by atoms with Crippen LogP contribution in [-0.2, 0) is 11.3 Å². The molecule has 0 radical (unpaired) electrons. The van der Waals surface area contributed by atoms with Gasteiger partial charge in [-0.1, -0.05) is 29.3 Å². The van der Waals surface area contributed by atoms with E-state index in [9.17, 15) is 4.79 Å². The van der Waals surface area contributed by atoms with Crippen molar-refractivity contribution >= 4 is 29.3 Å². The monoisotopic (exact) mass is 287 g/mol. The zero-order valence-electron chi connectivity index (χ0n) is 9.99. The molecule has 3 nitrogen and oxygen atoms in total. The number of halogens is 2. The Morgan fingerprint density at radius 3 is 2.61 bits per heavy atom. The molecule has 0 saturated carbocycles. The molecule has 5 heteroatoms. The third-order valence-electron chi connectivity index (χ3n) is 2.98. The summed E-state index contributed by atoms with van der Waals surface area (Å²) < 4.78 is 5.25. The highest BCUT2D eigenvalue weighted by atomic mass is 35.5. The molecule has 1 fully saturated rings. The molecule has 0 bridgehead atoms. The number of carbonyl (C=O) groups excluding carboxylic acids is 1. The Morgan fingerprint density at radius 1 is 1.22 bits per heavy atom. The van der Waals surface area contributed by atoms with Gasteiger partial charge in [0.15, 0.2) is 0 Å². The van der Waals surface area contributed by atoms with Crippen molar-refractivity contribution < 1.29 is 9.53 Å². The lowest BCUT2D eigenvalue weighted by molar-refractivity contribution is 0.0895. The van der Waals surface area contributed by atoms with Crippen molar-refractivity contribution in [2.24, 2.45) is 0 Å². The van der Waals surface area contributed by atoms with Gasteiger partial charge in [0.25, 0.3) is 0 Å². The first kappa shape index (κ1) is 13.5. The molecule has 2 rings (SSSR count). The molecule has 1 aliphatic heterocycles. The second-order valence-corrected chi connectivity index (χ2v) is 5.18. The van der Waals surface area contributed by atoms with Crippen LogP contribution >= 0.6 is 23.2 Å². The predicted molar refractivity (Wildman–Crippen MR) is 72.1 cm³/mol. The number of nitrogens with zero attached hydrogens (tertiary/aromatic N) is 1. The van der Waals surface area contributed by atoms with Gasteiger partial charge in [0.2, 0.25) is 0 Å². The number of hydrogen-bond acceptors (Lipinski definition) is 2. The standard InChI is InChI=1S/C13H15Cl2NO2/c14-11-5-4-10(12(15)8-11)9-18-13(17)16-6-2-1-3-7-16/h4-5,8H,1-3,6-7,9H2. The smallest absolute Gasteiger partial charge is 0.410 e. The quantitative estimate of drug-likeness (QED) is 0.819. The lowest BCUT2D eigenvalue weighted by Gasteiger charge is -2.25. The SMILES string of the molecule is O=C(OCc1ccc(Cl)cc1Cl)N1CCCCC1. The van der Waals surface area contributed by atoms with Crippen LogP contribution in [0.25, 0.3) is 0 Å². The highest BCUT2D eigenvalue weighted by Crippen LogP contribution is 2.22. The minimum Gasteiger partial charge on any atom is -0.444 e. The van der Waals surface area contributed by atoms with Crippen LogP contribution in [0.1, 0.15) is 24.8 Å². The molecule has 1 amide bonds. The third-order valence-corrected chi connectivity index (χ3v) is 3.57. The first-order chi connectivity index (χ1) is 8.66. The zero-order chi connectivity index (χ0) is 13.0. The van der Waals surface area contributed by atoms with Crippen LogP contribution in [0.4, 0.5) is 4.79 Å². The van der Waals surface area contributed by atoms with Gasteiger partial charge in [-0.25, -0.2) is 4.79 Å². The van der Waals surface area contributed by atoms with E-state index in [-0.39, 0.29) is 12.7 Å². The van der Waals surface area contributed by atoms with Crippen LogP contribution in [0, 0.1) is 0 Å². The van der Waals surface area contributed by atoms with Crippen molar-refractivity contribution in [1.29, 1.82) is 0 Å². The molecule has 0 aromatic heterocycles. The Morgan fingerprint density at radius 2 is 1.94 bits per heavy atom. The minimum absolute atomic E-state index is 0.186. The summed E-state index contributed by atoms with van der Waals surface area (Å²) in [5.41, 5.74) is 0.770. The molecule has 1 aromatic rings. The van der Waals surface area contributed by atoms with Gasteiger partial charge in [-0.3, -0.25) is 0 Å². The van der Waals surface area contributed by atoms with Gasteiger partial charge in [0.05, 0.1) is 0 Å². The lowest BCUT2D eigenvalue weighted by atomic mass is 10.1. The van der Waals surface area contributed by atoms with Crippen LogP contribution in [0.15, 0.2) is 18.2 Å². The molecule has 1 heterocycles. The second-order valence-electron chi connectivity index (χ2n) is 4.34. The van der Waals surface area contributed by atoms with E-state index in [1.54, 1.807) is 23.1 Å². The molecule has 0 unspecified atom stereocenters. The predicted octanol–water partition coefficient (Wildman–Crippen LogP) is 4.12. The van der Waals surface area contributed by atoms with E-state index in [2.05, 4.69) is 0 Å². The topological polar surface area (TPSA) is 29.5 Å². The van der Waals surface area contributed by atoms with Crippen molar-refractivity contribution in [3.05, 3.63) is 33.8 Å². The summed E-state index contributed by atoms with van der Waals surface area (Å²) in [5.74, 6) is 0. The Labute approximate surface area is 117 Å².